The Kier molecular flexibility index (Phi) is 5.16. The van der Waals surface area contributed by atoms with E-state index in [0.29, 0.717) is 14.8 Å². The standard InChI is InChI=1S/C15H13ClFIN2O/c1-8(2)13-5-9(6-14(16)19-13)15(21)20-12-4-3-10(17)7-11(12)18/h3-8H,1-2H3,(H,20,21). The summed E-state index contributed by atoms with van der Waals surface area (Å²) in [6, 6.07) is 7.41. The largest absolute Gasteiger partial charge is 0.321 e. The Bertz CT molecular complexity index is 691. The van der Waals surface area contributed by atoms with E-state index in [1.165, 1.54) is 24.3 Å². The molecule has 0 fully saturated rings. The molecule has 6 heteroatoms. The molecule has 21 heavy (non-hydrogen) atoms. The number of halogens is 3. The smallest absolute Gasteiger partial charge is 0.255 e. The van der Waals surface area contributed by atoms with Crippen molar-refractivity contribution in [3.05, 3.63) is 56.1 Å². The molecule has 0 saturated heterocycles. The normalized spacial score (nSPS) is 10.8. The first-order valence-electron chi connectivity index (χ1n) is 6.30. The van der Waals surface area contributed by atoms with Crippen LogP contribution in [0.3, 0.4) is 0 Å². The Morgan fingerprint density at radius 2 is 2.05 bits per heavy atom. The lowest BCUT2D eigenvalue weighted by Crippen LogP contribution is -2.14. The summed E-state index contributed by atoms with van der Waals surface area (Å²) in [5.41, 5.74) is 1.74. The second kappa shape index (κ2) is 6.70. The highest BCUT2D eigenvalue weighted by molar-refractivity contribution is 14.1. The van der Waals surface area contributed by atoms with E-state index in [1.54, 1.807) is 6.07 Å². The molecule has 2 rings (SSSR count). The molecule has 1 heterocycles. The van der Waals surface area contributed by atoms with E-state index < -0.39 is 0 Å². The predicted octanol–water partition coefficient (Wildman–Crippen LogP) is 4.85. The number of aromatic nitrogens is 1. The summed E-state index contributed by atoms with van der Waals surface area (Å²) in [5, 5.41) is 3.03. The number of benzene rings is 1. The number of anilines is 1. The SMILES string of the molecule is CC(C)c1cc(C(=O)Nc2ccc(F)cc2I)cc(Cl)n1. The molecule has 0 bridgehead atoms. The van der Waals surface area contributed by atoms with E-state index in [0.717, 1.165) is 5.69 Å². The average molecular weight is 419 g/mol. The molecule has 0 radical (unpaired) electrons. The number of nitrogens with one attached hydrogen (secondary N) is 1. The van der Waals surface area contributed by atoms with E-state index >= 15 is 0 Å². The van der Waals surface area contributed by atoms with Gasteiger partial charge in [-0.05, 0) is 58.8 Å². The van der Waals surface area contributed by atoms with Gasteiger partial charge >= 0.3 is 0 Å². The second-order valence-corrected chi connectivity index (χ2v) is 6.39. The molecular formula is C15H13ClFIN2O. The summed E-state index contributed by atoms with van der Waals surface area (Å²) in [6.07, 6.45) is 0. The molecule has 0 unspecified atom stereocenters. The number of nitrogens with zero attached hydrogens (tertiary/aromatic N) is 1. The maximum atomic E-state index is 13.1. The van der Waals surface area contributed by atoms with Crippen LogP contribution in [0.15, 0.2) is 30.3 Å². The molecule has 1 aromatic carbocycles. The van der Waals surface area contributed by atoms with Crippen LogP contribution in [0.2, 0.25) is 5.15 Å². The zero-order chi connectivity index (χ0) is 15.6. The Morgan fingerprint density at radius 1 is 1.33 bits per heavy atom. The summed E-state index contributed by atoms with van der Waals surface area (Å²) in [4.78, 5) is 16.5. The Hall–Kier alpha value is -1.21. The summed E-state index contributed by atoms with van der Waals surface area (Å²) in [6.45, 7) is 3.95. The first-order valence-corrected chi connectivity index (χ1v) is 7.76. The quantitative estimate of drug-likeness (QED) is 0.572. The summed E-state index contributed by atoms with van der Waals surface area (Å²) in [7, 11) is 0. The second-order valence-electron chi connectivity index (χ2n) is 4.84. The average Bonchev–Trinajstić information content (AvgIpc) is 2.41. The van der Waals surface area contributed by atoms with Gasteiger partial charge in [-0.3, -0.25) is 4.79 Å². The fourth-order valence-electron chi connectivity index (χ4n) is 1.73. The fourth-order valence-corrected chi connectivity index (χ4v) is 2.56. The third-order valence-corrected chi connectivity index (χ3v) is 3.93. The van der Waals surface area contributed by atoms with E-state index in [-0.39, 0.29) is 22.8 Å². The molecule has 3 nitrogen and oxygen atoms in total. The van der Waals surface area contributed by atoms with Crippen molar-refractivity contribution in [2.24, 2.45) is 0 Å². The van der Waals surface area contributed by atoms with Crippen molar-refractivity contribution in [1.82, 2.24) is 4.98 Å². The third-order valence-electron chi connectivity index (χ3n) is 2.85. The molecule has 0 atom stereocenters. The zero-order valence-corrected chi connectivity index (χ0v) is 14.4. The van der Waals surface area contributed by atoms with Crippen LogP contribution in [0.1, 0.15) is 35.8 Å². The monoisotopic (exact) mass is 418 g/mol. The maximum absolute atomic E-state index is 13.1. The topological polar surface area (TPSA) is 42.0 Å². The van der Waals surface area contributed by atoms with E-state index in [9.17, 15) is 9.18 Å². The summed E-state index contributed by atoms with van der Waals surface area (Å²) in [5.74, 6) is -0.474. The van der Waals surface area contributed by atoms with Crippen LogP contribution in [0.25, 0.3) is 0 Å². The van der Waals surface area contributed by atoms with Crippen molar-refractivity contribution in [3.63, 3.8) is 0 Å². The van der Waals surface area contributed by atoms with Crippen molar-refractivity contribution < 1.29 is 9.18 Å². The first kappa shape index (κ1) is 16.2. The molecule has 0 aliphatic rings. The van der Waals surface area contributed by atoms with Crippen molar-refractivity contribution in [1.29, 1.82) is 0 Å². The molecule has 0 aliphatic carbocycles. The van der Waals surface area contributed by atoms with Crippen LogP contribution in [0, 0.1) is 9.39 Å². The van der Waals surface area contributed by atoms with Gasteiger partial charge in [-0.15, -0.1) is 0 Å². The van der Waals surface area contributed by atoms with Gasteiger partial charge in [0.05, 0.1) is 5.69 Å². The van der Waals surface area contributed by atoms with Crippen molar-refractivity contribution in [2.45, 2.75) is 19.8 Å². The van der Waals surface area contributed by atoms with Crippen LogP contribution >= 0.6 is 34.2 Å². The number of rotatable bonds is 3. The summed E-state index contributed by atoms with van der Waals surface area (Å²) >= 11 is 7.92. The Labute approximate surface area is 141 Å². The molecule has 0 aliphatic heterocycles. The van der Waals surface area contributed by atoms with Crippen molar-refractivity contribution in [2.75, 3.05) is 5.32 Å². The lowest BCUT2D eigenvalue weighted by Gasteiger charge is -2.10. The molecule has 1 amide bonds. The van der Waals surface area contributed by atoms with Crippen LogP contribution in [0.5, 0.6) is 0 Å². The molecule has 1 N–H and O–H groups in total. The molecule has 2 aromatic rings. The molecule has 0 saturated carbocycles. The van der Waals surface area contributed by atoms with Crippen LogP contribution in [-0.2, 0) is 0 Å². The van der Waals surface area contributed by atoms with Gasteiger partial charge in [-0.2, -0.15) is 0 Å². The molecule has 1 aromatic heterocycles. The highest BCUT2D eigenvalue weighted by atomic mass is 127. The lowest BCUT2D eigenvalue weighted by molar-refractivity contribution is 0.102. The van der Waals surface area contributed by atoms with Crippen LogP contribution in [-0.4, -0.2) is 10.9 Å². The van der Waals surface area contributed by atoms with E-state index in [4.69, 9.17) is 11.6 Å². The van der Waals surface area contributed by atoms with Crippen molar-refractivity contribution in [3.8, 4) is 0 Å². The minimum atomic E-state index is -0.341. The van der Waals surface area contributed by atoms with Gasteiger partial charge in [0.15, 0.2) is 0 Å². The number of hydrogen-bond donors (Lipinski definition) is 1. The predicted molar refractivity (Wildman–Crippen MR) is 90.4 cm³/mol. The molecule has 0 spiro atoms. The maximum Gasteiger partial charge on any atom is 0.255 e. The van der Waals surface area contributed by atoms with Gasteiger partial charge in [-0.25, -0.2) is 9.37 Å². The van der Waals surface area contributed by atoms with Gasteiger partial charge < -0.3 is 5.32 Å². The molecule has 110 valence electrons. The van der Waals surface area contributed by atoms with Crippen molar-refractivity contribution >= 4 is 45.8 Å². The van der Waals surface area contributed by atoms with Gasteiger partial charge in [0, 0.05) is 14.8 Å². The number of amides is 1. The number of hydrogen-bond acceptors (Lipinski definition) is 2. The number of carbonyl (C=O) groups is 1. The summed E-state index contributed by atoms with van der Waals surface area (Å²) < 4.78 is 13.7. The number of pyridine rings is 1. The minimum absolute atomic E-state index is 0.168. The van der Waals surface area contributed by atoms with E-state index in [2.05, 4.69) is 10.3 Å². The minimum Gasteiger partial charge on any atom is -0.321 e. The van der Waals surface area contributed by atoms with Gasteiger partial charge in [-0.1, -0.05) is 25.4 Å². The fraction of sp³-hybridized carbons (Fsp3) is 0.200. The van der Waals surface area contributed by atoms with Gasteiger partial charge in [0.25, 0.3) is 5.91 Å². The Balaban J connectivity index is 2.28. The third kappa shape index (κ3) is 4.14. The Morgan fingerprint density at radius 3 is 2.67 bits per heavy atom. The van der Waals surface area contributed by atoms with E-state index in [1.807, 2.05) is 36.4 Å². The highest BCUT2D eigenvalue weighted by Gasteiger charge is 2.13. The van der Waals surface area contributed by atoms with Crippen LogP contribution < -0.4 is 5.32 Å². The number of carbonyl (C=O) groups excluding carboxylic acids is 1. The van der Waals surface area contributed by atoms with Gasteiger partial charge in [0.1, 0.15) is 11.0 Å². The van der Waals surface area contributed by atoms with Gasteiger partial charge in [0.2, 0.25) is 0 Å². The first-order chi connectivity index (χ1) is 9.86. The van der Waals surface area contributed by atoms with Crippen LogP contribution in [0.4, 0.5) is 10.1 Å². The molecular weight excluding hydrogens is 406 g/mol. The highest BCUT2D eigenvalue weighted by Crippen LogP contribution is 2.22. The zero-order valence-electron chi connectivity index (χ0n) is 11.5. The lowest BCUT2D eigenvalue weighted by atomic mass is 10.1.